The molecule has 18 heavy (non-hydrogen) atoms. The van der Waals surface area contributed by atoms with Crippen LogP contribution in [0.25, 0.3) is 0 Å². The van der Waals surface area contributed by atoms with Crippen molar-refractivity contribution in [2.45, 2.75) is 26.3 Å². The molecule has 1 heterocycles. The average molecular weight is 248 g/mol. The SMILES string of the molecule is CC(CN)CC(=O)NCc1ccc2c(c1)CCO2. The van der Waals surface area contributed by atoms with E-state index in [9.17, 15) is 4.79 Å². The van der Waals surface area contributed by atoms with Crippen molar-refractivity contribution in [3.05, 3.63) is 29.3 Å². The van der Waals surface area contributed by atoms with Crippen LogP contribution in [0.15, 0.2) is 18.2 Å². The topological polar surface area (TPSA) is 64.4 Å². The molecule has 1 aliphatic rings. The number of nitrogens with one attached hydrogen (secondary N) is 1. The van der Waals surface area contributed by atoms with Gasteiger partial charge in [-0.2, -0.15) is 0 Å². The third-order valence-electron chi connectivity index (χ3n) is 3.18. The Labute approximate surface area is 108 Å². The molecule has 1 aliphatic heterocycles. The van der Waals surface area contributed by atoms with E-state index < -0.39 is 0 Å². The molecule has 0 aromatic heterocycles. The van der Waals surface area contributed by atoms with Gasteiger partial charge in [-0.15, -0.1) is 0 Å². The first-order chi connectivity index (χ1) is 8.69. The molecule has 1 amide bonds. The van der Waals surface area contributed by atoms with Crippen molar-refractivity contribution in [2.75, 3.05) is 13.2 Å². The van der Waals surface area contributed by atoms with Crippen LogP contribution >= 0.6 is 0 Å². The van der Waals surface area contributed by atoms with E-state index in [4.69, 9.17) is 10.5 Å². The molecule has 3 N–H and O–H groups in total. The lowest BCUT2D eigenvalue weighted by molar-refractivity contribution is -0.122. The lowest BCUT2D eigenvalue weighted by atomic mass is 10.1. The van der Waals surface area contributed by atoms with E-state index in [1.54, 1.807) is 0 Å². The first kappa shape index (κ1) is 12.9. The monoisotopic (exact) mass is 248 g/mol. The number of hydrogen-bond acceptors (Lipinski definition) is 3. The minimum atomic E-state index is 0.0599. The zero-order valence-electron chi connectivity index (χ0n) is 10.7. The predicted molar refractivity (Wildman–Crippen MR) is 70.3 cm³/mol. The third-order valence-corrected chi connectivity index (χ3v) is 3.18. The molecule has 4 heteroatoms. The minimum absolute atomic E-state index is 0.0599. The van der Waals surface area contributed by atoms with Crippen molar-refractivity contribution in [2.24, 2.45) is 11.7 Å². The summed E-state index contributed by atoms with van der Waals surface area (Å²) in [4.78, 5) is 11.6. The van der Waals surface area contributed by atoms with Crippen molar-refractivity contribution >= 4 is 5.91 Å². The zero-order chi connectivity index (χ0) is 13.0. The van der Waals surface area contributed by atoms with Gasteiger partial charge in [0.05, 0.1) is 6.61 Å². The van der Waals surface area contributed by atoms with Crippen LogP contribution in [0.4, 0.5) is 0 Å². The Morgan fingerprint density at radius 1 is 1.56 bits per heavy atom. The fourth-order valence-corrected chi connectivity index (χ4v) is 2.02. The van der Waals surface area contributed by atoms with E-state index in [-0.39, 0.29) is 11.8 Å². The highest BCUT2D eigenvalue weighted by Gasteiger charge is 2.12. The lowest BCUT2D eigenvalue weighted by Gasteiger charge is -2.09. The standard InChI is InChI=1S/C14H20N2O2/c1-10(8-15)6-14(17)16-9-11-2-3-13-12(7-11)4-5-18-13/h2-3,7,10H,4-6,8-9,15H2,1H3,(H,16,17). The second kappa shape index (κ2) is 5.87. The summed E-state index contributed by atoms with van der Waals surface area (Å²) >= 11 is 0. The molecule has 0 spiro atoms. The molecule has 1 aromatic rings. The Hall–Kier alpha value is -1.55. The maximum atomic E-state index is 11.6. The molecule has 0 aliphatic carbocycles. The highest BCUT2D eigenvalue weighted by atomic mass is 16.5. The highest BCUT2D eigenvalue weighted by Crippen LogP contribution is 2.25. The fraction of sp³-hybridized carbons (Fsp3) is 0.500. The quantitative estimate of drug-likeness (QED) is 0.823. The van der Waals surface area contributed by atoms with Crippen LogP contribution in [0.1, 0.15) is 24.5 Å². The lowest BCUT2D eigenvalue weighted by Crippen LogP contribution is -2.26. The van der Waals surface area contributed by atoms with Crippen LogP contribution in [-0.2, 0) is 17.8 Å². The van der Waals surface area contributed by atoms with Gasteiger partial charge in [-0.25, -0.2) is 0 Å². The largest absolute Gasteiger partial charge is 0.493 e. The Morgan fingerprint density at radius 2 is 2.39 bits per heavy atom. The van der Waals surface area contributed by atoms with Crippen LogP contribution in [0, 0.1) is 5.92 Å². The van der Waals surface area contributed by atoms with Gasteiger partial charge in [-0.3, -0.25) is 4.79 Å². The predicted octanol–water partition coefficient (Wildman–Crippen LogP) is 1.22. The Morgan fingerprint density at radius 3 is 3.17 bits per heavy atom. The van der Waals surface area contributed by atoms with Crippen LogP contribution in [-0.4, -0.2) is 19.1 Å². The number of benzene rings is 1. The van der Waals surface area contributed by atoms with Crippen molar-refractivity contribution in [3.63, 3.8) is 0 Å². The Balaban J connectivity index is 1.85. The number of ether oxygens (including phenoxy) is 1. The van der Waals surface area contributed by atoms with Gasteiger partial charge in [0.25, 0.3) is 0 Å². The van der Waals surface area contributed by atoms with E-state index in [1.807, 2.05) is 19.1 Å². The normalized spacial score (nSPS) is 14.8. The Bertz CT molecular complexity index is 432. The summed E-state index contributed by atoms with van der Waals surface area (Å²) in [5.74, 6) is 1.27. The number of rotatable bonds is 5. The Kier molecular flexibility index (Phi) is 4.20. The molecular formula is C14H20N2O2. The summed E-state index contributed by atoms with van der Waals surface area (Å²) in [6, 6.07) is 6.08. The summed E-state index contributed by atoms with van der Waals surface area (Å²) in [5, 5.41) is 2.92. The minimum Gasteiger partial charge on any atom is -0.493 e. The second-order valence-electron chi connectivity index (χ2n) is 4.86. The van der Waals surface area contributed by atoms with Crippen molar-refractivity contribution < 1.29 is 9.53 Å². The number of amides is 1. The van der Waals surface area contributed by atoms with Gasteiger partial charge in [0.15, 0.2) is 0 Å². The van der Waals surface area contributed by atoms with Gasteiger partial charge < -0.3 is 15.8 Å². The number of nitrogens with two attached hydrogens (primary N) is 1. The smallest absolute Gasteiger partial charge is 0.220 e. The summed E-state index contributed by atoms with van der Waals surface area (Å²) in [6.07, 6.45) is 1.45. The summed E-state index contributed by atoms with van der Waals surface area (Å²) < 4.78 is 5.44. The number of carbonyl (C=O) groups is 1. The van der Waals surface area contributed by atoms with E-state index in [0.717, 1.165) is 24.3 Å². The van der Waals surface area contributed by atoms with Gasteiger partial charge in [-0.1, -0.05) is 19.1 Å². The molecule has 4 nitrogen and oxygen atoms in total. The molecular weight excluding hydrogens is 228 g/mol. The van der Waals surface area contributed by atoms with Crippen LogP contribution < -0.4 is 15.8 Å². The molecule has 0 fully saturated rings. The first-order valence-corrected chi connectivity index (χ1v) is 6.40. The van der Waals surface area contributed by atoms with Gasteiger partial charge in [-0.05, 0) is 29.7 Å². The molecule has 0 radical (unpaired) electrons. The van der Waals surface area contributed by atoms with E-state index >= 15 is 0 Å². The molecule has 1 atom stereocenters. The molecule has 1 unspecified atom stereocenters. The summed E-state index contributed by atoms with van der Waals surface area (Å²) in [5.41, 5.74) is 7.85. The van der Waals surface area contributed by atoms with Crippen molar-refractivity contribution in [3.8, 4) is 5.75 Å². The molecule has 1 aromatic carbocycles. The van der Waals surface area contributed by atoms with Crippen LogP contribution in [0.5, 0.6) is 5.75 Å². The van der Waals surface area contributed by atoms with Gasteiger partial charge in [0.1, 0.15) is 5.75 Å². The molecule has 2 rings (SSSR count). The van der Waals surface area contributed by atoms with Gasteiger partial charge in [0.2, 0.25) is 5.91 Å². The summed E-state index contributed by atoms with van der Waals surface area (Å²) in [7, 11) is 0. The van der Waals surface area contributed by atoms with Crippen LogP contribution in [0.2, 0.25) is 0 Å². The van der Waals surface area contributed by atoms with Gasteiger partial charge >= 0.3 is 0 Å². The van der Waals surface area contributed by atoms with Crippen LogP contribution in [0.3, 0.4) is 0 Å². The number of hydrogen-bond donors (Lipinski definition) is 2. The molecule has 0 saturated carbocycles. The van der Waals surface area contributed by atoms with E-state index in [1.165, 1.54) is 5.56 Å². The zero-order valence-corrected chi connectivity index (χ0v) is 10.7. The second-order valence-corrected chi connectivity index (χ2v) is 4.86. The average Bonchev–Trinajstić information content (AvgIpc) is 2.83. The highest BCUT2D eigenvalue weighted by molar-refractivity contribution is 5.76. The number of carbonyl (C=O) groups excluding carboxylic acids is 1. The maximum Gasteiger partial charge on any atom is 0.220 e. The fourth-order valence-electron chi connectivity index (χ4n) is 2.02. The van der Waals surface area contributed by atoms with E-state index in [0.29, 0.717) is 19.5 Å². The molecule has 0 saturated heterocycles. The summed E-state index contributed by atoms with van der Waals surface area (Å²) in [6.45, 7) is 3.86. The third kappa shape index (κ3) is 3.23. The maximum absolute atomic E-state index is 11.6. The first-order valence-electron chi connectivity index (χ1n) is 6.40. The molecule has 0 bridgehead atoms. The molecule has 98 valence electrons. The van der Waals surface area contributed by atoms with Crippen molar-refractivity contribution in [1.29, 1.82) is 0 Å². The van der Waals surface area contributed by atoms with Gasteiger partial charge in [0, 0.05) is 19.4 Å². The van der Waals surface area contributed by atoms with E-state index in [2.05, 4.69) is 11.4 Å². The van der Waals surface area contributed by atoms with Crippen molar-refractivity contribution in [1.82, 2.24) is 5.32 Å². The number of fused-ring (bicyclic) bond motifs is 1.